The molecule has 0 amide bonds. The van der Waals surface area contributed by atoms with Crippen LogP contribution in [-0.4, -0.2) is 26.4 Å². The third-order valence-corrected chi connectivity index (χ3v) is 3.39. The fourth-order valence-electron chi connectivity index (χ4n) is 2.24. The van der Waals surface area contributed by atoms with Gasteiger partial charge in [0.15, 0.2) is 0 Å². The molecule has 0 rings (SSSR count). The van der Waals surface area contributed by atoms with E-state index in [-0.39, 0.29) is 0 Å². The molecule has 0 aromatic heterocycles. The molecule has 0 atom stereocenters. The standard InChI is InChI=1S/C18H34O2/c1-4-7-8-9-10-11-12-13-18(16-19-14-5-2)17-20-15-6-3/h5-6,18H,2-4,7-17H2,1H3. The first-order valence-electron chi connectivity index (χ1n) is 8.22. The van der Waals surface area contributed by atoms with Gasteiger partial charge in [-0.25, -0.2) is 0 Å². The van der Waals surface area contributed by atoms with Gasteiger partial charge in [-0.3, -0.25) is 0 Å². The predicted octanol–water partition coefficient (Wildman–Crippen LogP) is 5.15. The Kier molecular flexibility index (Phi) is 16.0. The van der Waals surface area contributed by atoms with E-state index >= 15 is 0 Å². The lowest BCUT2D eigenvalue weighted by molar-refractivity contribution is 0.0539. The summed E-state index contributed by atoms with van der Waals surface area (Å²) < 4.78 is 11.1. The van der Waals surface area contributed by atoms with Crippen LogP contribution in [-0.2, 0) is 9.47 Å². The van der Waals surface area contributed by atoms with Crippen LogP contribution in [0.4, 0.5) is 0 Å². The Morgan fingerprint density at radius 2 is 1.30 bits per heavy atom. The highest BCUT2D eigenvalue weighted by molar-refractivity contribution is 4.67. The first-order valence-corrected chi connectivity index (χ1v) is 8.22. The minimum Gasteiger partial charge on any atom is -0.377 e. The van der Waals surface area contributed by atoms with Gasteiger partial charge in [-0.1, -0.05) is 64.0 Å². The van der Waals surface area contributed by atoms with Crippen molar-refractivity contribution in [3.63, 3.8) is 0 Å². The van der Waals surface area contributed by atoms with Crippen LogP contribution < -0.4 is 0 Å². The zero-order chi connectivity index (χ0) is 14.9. The highest BCUT2D eigenvalue weighted by Gasteiger charge is 2.08. The van der Waals surface area contributed by atoms with Crippen LogP contribution in [0.5, 0.6) is 0 Å². The Labute approximate surface area is 126 Å². The van der Waals surface area contributed by atoms with E-state index in [1.807, 2.05) is 0 Å². The normalized spacial score (nSPS) is 10.9. The number of rotatable bonds is 16. The van der Waals surface area contributed by atoms with E-state index in [0.29, 0.717) is 19.1 Å². The van der Waals surface area contributed by atoms with Crippen LogP contribution in [0.2, 0.25) is 0 Å². The molecule has 0 saturated heterocycles. The molecule has 0 unspecified atom stereocenters. The van der Waals surface area contributed by atoms with Crippen LogP contribution in [0.25, 0.3) is 0 Å². The van der Waals surface area contributed by atoms with E-state index in [2.05, 4.69) is 20.1 Å². The maximum atomic E-state index is 5.56. The van der Waals surface area contributed by atoms with E-state index in [1.165, 1.54) is 51.4 Å². The second-order valence-corrected chi connectivity index (χ2v) is 5.43. The van der Waals surface area contributed by atoms with Gasteiger partial charge in [0.25, 0.3) is 0 Å². The molecule has 0 fully saturated rings. The molecule has 0 N–H and O–H groups in total. The van der Waals surface area contributed by atoms with Gasteiger partial charge in [-0.05, 0) is 6.42 Å². The number of ether oxygens (including phenoxy) is 2. The highest BCUT2D eigenvalue weighted by atomic mass is 16.5. The van der Waals surface area contributed by atoms with E-state index in [1.54, 1.807) is 12.2 Å². The summed E-state index contributed by atoms with van der Waals surface area (Å²) >= 11 is 0. The summed E-state index contributed by atoms with van der Waals surface area (Å²) in [5, 5.41) is 0. The van der Waals surface area contributed by atoms with Crippen molar-refractivity contribution >= 4 is 0 Å². The Hall–Kier alpha value is -0.600. The summed E-state index contributed by atoms with van der Waals surface area (Å²) in [6, 6.07) is 0. The molecule has 0 heterocycles. The van der Waals surface area contributed by atoms with E-state index < -0.39 is 0 Å². The van der Waals surface area contributed by atoms with Crippen molar-refractivity contribution in [2.45, 2.75) is 58.3 Å². The van der Waals surface area contributed by atoms with Crippen molar-refractivity contribution in [1.82, 2.24) is 0 Å². The molecule has 0 aliphatic rings. The van der Waals surface area contributed by atoms with E-state index in [0.717, 1.165) is 13.2 Å². The number of unbranched alkanes of at least 4 members (excludes halogenated alkanes) is 6. The molecule has 0 aromatic carbocycles. The molecule has 0 radical (unpaired) electrons. The molecule has 0 saturated carbocycles. The Morgan fingerprint density at radius 3 is 1.80 bits per heavy atom. The lowest BCUT2D eigenvalue weighted by atomic mass is 10.0. The molecule has 0 aliphatic carbocycles. The molecular formula is C18H34O2. The van der Waals surface area contributed by atoms with Crippen molar-refractivity contribution < 1.29 is 9.47 Å². The fraction of sp³-hybridized carbons (Fsp3) is 0.778. The van der Waals surface area contributed by atoms with Gasteiger partial charge in [0.1, 0.15) is 0 Å². The number of hydrogen-bond donors (Lipinski definition) is 0. The second-order valence-electron chi connectivity index (χ2n) is 5.43. The van der Waals surface area contributed by atoms with Gasteiger partial charge in [-0.2, -0.15) is 0 Å². The van der Waals surface area contributed by atoms with Gasteiger partial charge in [-0.15, -0.1) is 13.2 Å². The van der Waals surface area contributed by atoms with Crippen LogP contribution in [0.3, 0.4) is 0 Å². The first kappa shape index (κ1) is 19.4. The van der Waals surface area contributed by atoms with Gasteiger partial charge >= 0.3 is 0 Å². The quantitative estimate of drug-likeness (QED) is 0.288. The third kappa shape index (κ3) is 13.8. The van der Waals surface area contributed by atoms with Crippen LogP contribution >= 0.6 is 0 Å². The van der Waals surface area contributed by atoms with Gasteiger partial charge in [0.2, 0.25) is 0 Å². The Balaban J connectivity index is 3.61. The van der Waals surface area contributed by atoms with Gasteiger partial charge in [0.05, 0.1) is 26.4 Å². The molecule has 2 nitrogen and oxygen atoms in total. The summed E-state index contributed by atoms with van der Waals surface area (Å²) in [6.07, 6.45) is 14.3. The second kappa shape index (κ2) is 16.5. The largest absolute Gasteiger partial charge is 0.377 e. The third-order valence-electron chi connectivity index (χ3n) is 3.39. The minimum atomic E-state index is 0.505. The molecule has 2 heteroatoms. The predicted molar refractivity (Wildman–Crippen MR) is 88.1 cm³/mol. The Bertz CT molecular complexity index is 199. The molecule has 0 bridgehead atoms. The summed E-state index contributed by atoms with van der Waals surface area (Å²) in [5.74, 6) is 0.505. The molecule has 0 aliphatic heterocycles. The zero-order valence-electron chi connectivity index (χ0n) is 13.4. The average Bonchev–Trinajstić information content (AvgIpc) is 2.46. The molecule has 20 heavy (non-hydrogen) atoms. The van der Waals surface area contributed by atoms with Crippen LogP contribution in [0.15, 0.2) is 25.3 Å². The fourth-order valence-corrected chi connectivity index (χ4v) is 2.24. The van der Waals surface area contributed by atoms with E-state index in [4.69, 9.17) is 9.47 Å². The average molecular weight is 282 g/mol. The number of hydrogen-bond acceptors (Lipinski definition) is 2. The molecular weight excluding hydrogens is 248 g/mol. The molecule has 0 spiro atoms. The highest BCUT2D eigenvalue weighted by Crippen LogP contribution is 2.14. The lowest BCUT2D eigenvalue weighted by Gasteiger charge is -2.16. The molecule has 0 aromatic rings. The van der Waals surface area contributed by atoms with E-state index in [9.17, 15) is 0 Å². The summed E-state index contributed by atoms with van der Waals surface area (Å²) in [4.78, 5) is 0. The van der Waals surface area contributed by atoms with Crippen molar-refractivity contribution in [2.75, 3.05) is 26.4 Å². The van der Waals surface area contributed by atoms with Crippen LogP contribution in [0.1, 0.15) is 58.3 Å². The summed E-state index contributed by atoms with van der Waals surface area (Å²) in [7, 11) is 0. The van der Waals surface area contributed by atoms with Gasteiger partial charge in [0, 0.05) is 5.92 Å². The van der Waals surface area contributed by atoms with Crippen LogP contribution in [0, 0.1) is 5.92 Å². The van der Waals surface area contributed by atoms with Gasteiger partial charge < -0.3 is 9.47 Å². The maximum absolute atomic E-state index is 5.56. The topological polar surface area (TPSA) is 18.5 Å². The van der Waals surface area contributed by atoms with Crippen molar-refractivity contribution in [3.8, 4) is 0 Å². The maximum Gasteiger partial charge on any atom is 0.0644 e. The van der Waals surface area contributed by atoms with Crippen molar-refractivity contribution in [2.24, 2.45) is 5.92 Å². The van der Waals surface area contributed by atoms with Crippen molar-refractivity contribution in [3.05, 3.63) is 25.3 Å². The summed E-state index contributed by atoms with van der Waals surface area (Å²) in [5.41, 5.74) is 0. The zero-order valence-corrected chi connectivity index (χ0v) is 13.4. The first-order chi connectivity index (χ1) is 9.85. The monoisotopic (exact) mass is 282 g/mol. The van der Waals surface area contributed by atoms with Crippen molar-refractivity contribution in [1.29, 1.82) is 0 Å². The minimum absolute atomic E-state index is 0.505. The summed E-state index contributed by atoms with van der Waals surface area (Å²) in [6.45, 7) is 12.4. The molecule has 118 valence electrons. The lowest BCUT2D eigenvalue weighted by Crippen LogP contribution is -2.16. The Morgan fingerprint density at radius 1 is 0.800 bits per heavy atom. The smallest absolute Gasteiger partial charge is 0.0644 e. The SMILES string of the molecule is C=CCOCC(CCCCCCCCC)COCC=C.